The maximum absolute atomic E-state index is 14.4. The molecule has 2 bridgehead atoms. The number of aromatic nitrogens is 4. The molecule has 9 nitrogen and oxygen atoms in total. The number of nitrogens with zero attached hydrogens (tertiary/aromatic N) is 7. The van der Waals surface area contributed by atoms with Gasteiger partial charge in [0.05, 0.1) is 23.4 Å². The summed E-state index contributed by atoms with van der Waals surface area (Å²) in [7, 11) is 0. The molecule has 0 radical (unpaired) electrons. The van der Waals surface area contributed by atoms with Gasteiger partial charge >= 0.3 is 0 Å². The maximum Gasteiger partial charge on any atom is 0.188 e. The predicted molar refractivity (Wildman–Crippen MR) is 140 cm³/mol. The molecule has 196 valence electrons. The lowest BCUT2D eigenvalue weighted by Gasteiger charge is -2.67. The number of nitrogens with one attached hydrogen (secondary N) is 1. The van der Waals surface area contributed by atoms with Crippen LogP contribution in [-0.4, -0.2) is 57.7 Å². The van der Waals surface area contributed by atoms with Gasteiger partial charge in [-0.3, -0.25) is 5.43 Å². The number of hydrogen-bond donors (Lipinski definition) is 1. The number of halogens is 1. The zero-order valence-electron chi connectivity index (χ0n) is 21.7. The van der Waals surface area contributed by atoms with E-state index in [2.05, 4.69) is 41.3 Å². The largest absolute Gasteiger partial charge is 0.451 e. The van der Waals surface area contributed by atoms with E-state index >= 15 is 0 Å². The molecule has 3 aromatic rings. The molecule has 3 heterocycles. The van der Waals surface area contributed by atoms with Gasteiger partial charge in [-0.2, -0.15) is 5.26 Å². The first-order valence-electron chi connectivity index (χ1n) is 13.1. The second-order valence-corrected chi connectivity index (χ2v) is 11.2. The Kier molecular flexibility index (Phi) is 6.20. The van der Waals surface area contributed by atoms with E-state index in [9.17, 15) is 9.65 Å². The van der Waals surface area contributed by atoms with Gasteiger partial charge < -0.3 is 9.64 Å². The molecule has 7 rings (SSSR count). The van der Waals surface area contributed by atoms with E-state index in [4.69, 9.17) is 4.74 Å². The number of rotatable bonds is 8. The fraction of sp³-hybridized carbons (Fsp3) is 0.464. The first kappa shape index (κ1) is 24.6. The Hall–Kier alpha value is -3.68. The molecule has 0 spiro atoms. The Morgan fingerprint density at radius 1 is 1.03 bits per heavy atom. The van der Waals surface area contributed by atoms with E-state index in [1.807, 2.05) is 13.8 Å². The third-order valence-electron chi connectivity index (χ3n) is 8.03. The summed E-state index contributed by atoms with van der Waals surface area (Å²) >= 11 is 0. The Labute approximate surface area is 221 Å². The first-order valence-corrected chi connectivity index (χ1v) is 13.1. The van der Waals surface area contributed by atoms with Crippen molar-refractivity contribution in [3.05, 3.63) is 54.8 Å². The summed E-state index contributed by atoms with van der Waals surface area (Å²) in [4.78, 5) is 19.5. The van der Waals surface area contributed by atoms with E-state index in [0.29, 0.717) is 28.3 Å². The van der Waals surface area contributed by atoms with Gasteiger partial charge in [0, 0.05) is 50.0 Å². The summed E-state index contributed by atoms with van der Waals surface area (Å²) in [5.74, 6) is 1.49. The van der Waals surface area contributed by atoms with Crippen molar-refractivity contribution in [2.24, 2.45) is 10.8 Å². The van der Waals surface area contributed by atoms with Crippen LogP contribution in [0.1, 0.15) is 44.7 Å². The SMILES string of the molecule is CC(C)c1ncncc1-c1cc(F)ccc1Oc1cncnc1N1CCN(NCC23CC(C#N)(C2)C3)CC1. The van der Waals surface area contributed by atoms with Gasteiger partial charge in [0.1, 0.15) is 24.2 Å². The molecule has 38 heavy (non-hydrogen) atoms. The highest BCUT2D eigenvalue weighted by Gasteiger charge is 2.68. The van der Waals surface area contributed by atoms with Crippen molar-refractivity contribution >= 4 is 5.82 Å². The minimum absolute atomic E-state index is 0.0158. The molecule has 0 amide bonds. The summed E-state index contributed by atoms with van der Waals surface area (Å²) in [6, 6.07) is 6.95. The molecular weight excluding hydrogens is 483 g/mol. The normalized spacial score (nSPS) is 24.4. The van der Waals surface area contributed by atoms with Crippen molar-refractivity contribution in [2.45, 2.75) is 39.0 Å². The molecule has 4 aliphatic rings. The van der Waals surface area contributed by atoms with Gasteiger partial charge in [-0.25, -0.2) is 29.3 Å². The van der Waals surface area contributed by atoms with Crippen LogP contribution in [0, 0.1) is 28.0 Å². The topological polar surface area (TPSA) is 103 Å². The summed E-state index contributed by atoms with van der Waals surface area (Å²) in [5, 5.41) is 11.5. The van der Waals surface area contributed by atoms with Crippen LogP contribution in [0.15, 0.2) is 43.2 Å². The summed E-state index contributed by atoms with van der Waals surface area (Å²) in [6.45, 7) is 8.24. The van der Waals surface area contributed by atoms with E-state index in [1.165, 1.54) is 24.8 Å². The molecule has 1 aliphatic heterocycles. The lowest BCUT2D eigenvalue weighted by Crippen LogP contribution is -2.66. The monoisotopic (exact) mass is 514 g/mol. The van der Waals surface area contributed by atoms with Crippen LogP contribution >= 0.6 is 0 Å². The average molecular weight is 515 g/mol. The van der Waals surface area contributed by atoms with Gasteiger partial charge in [0.15, 0.2) is 11.6 Å². The number of hydrogen-bond acceptors (Lipinski definition) is 9. The van der Waals surface area contributed by atoms with Crippen molar-refractivity contribution in [3.8, 4) is 28.7 Å². The second-order valence-electron chi connectivity index (χ2n) is 11.2. The number of hydrazine groups is 1. The number of piperazine rings is 1. The molecule has 1 saturated heterocycles. The Bertz CT molecular complexity index is 1360. The molecule has 0 atom stereocenters. The zero-order valence-corrected chi connectivity index (χ0v) is 21.7. The summed E-state index contributed by atoms with van der Waals surface area (Å²) < 4.78 is 20.7. The number of benzene rings is 1. The van der Waals surface area contributed by atoms with Crippen LogP contribution in [0.25, 0.3) is 11.1 Å². The fourth-order valence-corrected chi connectivity index (χ4v) is 6.21. The predicted octanol–water partition coefficient (Wildman–Crippen LogP) is 4.31. The van der Waals surface area contributed by atoms with Gasteiger partial charge in [-0.1, -0.05) is 13.8 Å². The Morgan fingerprint density at radius 3 is 2.50 bits per heavy atom. The molecule has 3 aliphatic carbocycles. The Balaban J connectivity index is 1.16. The highest BCUT2D eigenvalue weighted by molar-refractivity contribution is 5.73. The second kappa shape index (κ2) is 9.57. The summed E-state index contributed by atoms with van der Waals surface area (Å²) in [5.41, 5.74) is 6.06. The average Bonchev–Trinajstić information content (AvgIpc) is 2.89. The molecule has 2 aromatic heterocycles. The third kappa shape index (κ3) is 4.46. The smallest absolute Gasteiger partial charge is 0.188 e. The molecular formula is C28H31FN8O. The highest BCUT2D eigenvalue weighted by atomic mass is 19.1. The molecule has 10 heteroatoms. The molecule has 3 saturated carbocycles. The zero-order chi connectivity index (χ0) is 26.3. The van der Waals surface area contributed by atoms with E-state index in [1.54, 1.807) is 18.5 Å². The molecule has 1 aromatic carbocycles. The van der Waals surface area contributed by atoms with Crippen LogP contribution in [-0.2, 0) is 0 Å². The number of anilines is 1. The maximum atomic E-state index is 14.4. The van der Waals surface area contributed by atoms with E-state index in [-0.39, 0.29) is 17.2 Å². The van der Waals surface area contributed by atoms with Crippen LogP contribution in [0.4, 0.5) is 10.2 Å². The summed E-state index contributed by atoms with van der Waals surface area (Å²) in [6.07, 6.45) is 9.48. The van der Waals surface area contributed by atoms with Crippen molar-refractivity contribution in [2.75, 3.05) is 37.6 Å². The Morgan fingerprint density at radius 2 is 1.76 bits per heavy atom. The van der Waals surface area contributed by atoms with Crippen molar-refractivity contribution < 1.29 is 9.13 Å². The number of ether oxygens (including phenoxy) is 1. The minimum atomic E-state index is -0.360. The molecule has 1 N–H and O–H groups in total. The van der Waals surface area contributed by atoms with Gasteiger partial charge in [-0.05, 0) is 48.8 Å². The first-order chi connectivity index (χ1) is 18.4. The number of nitriles is 1. The van der Waals surface area contributed by atoms with Crippen LogP contribution in [0.2, 0.25) is 0 Å². The quantitative estimate of drug-likeness (QED) is 0.471. The van der Waals surface area contributed by atoms with Crippen molar-refractivity contribution in [1.82, 2.24) is 30.4 Å². The van der Waals surface area contributed by atoms with Crippen molar-refractivity contribution in [1.29, 1.82) is 5.26 Å². The van der Waals surface area contributed by atoms with Crippen LogP contribution in [0.3, 0.4) is 0 Å². The molecule has 4 fully saturated rings. The fourth-order valence-electron chi connectivity index (χ4n) is 6.21. The standard InChI is InChI=1S/C28H31FN8O/c1-19(2)25-22(10-31-17-33-25)21-9-20(29)3-4-23(21)38-24-11-32-18-34-26(24)36-5-7-37(8-6-36)35-16-28-12-27(13-28,14-28)15-30/h3-4,9-11,17-19,35H,5-8,12-14,16H2,1-2H3. The molecule has 0 unspecified atom stereocenters. The van der Waals surface area contributed by atoms with Gasteiger partial charge in [0.25, 0.3) is 0 Å². The van der Waals surface area contributed by atoms with Crippen LogP contribution in [0.5, 0.6) is 11.5 Å². The van der Waals surface area contributed by atoms with Crippen molar-refractivity contribution in [3.63, 3.8) is 0 Å². The van der Waals surface area contributed by atoms with E-state index < -0.39 is 0 Å². The van der Waals surface area contributed by atoms with E-state index in [0.717, 1.165) is 63.2 Å². The lowest BCUT2D eigenvalue weighted by molar-refractivity contribution is -0.166. The highest BCUT2D eigenvalue weighted by Crippen LogP contribution is 2.72. The lowest BCUT2D eigenvalue weighted by atomic mass is 9.36. The van der Waals surface area contributed by atoms with Crippen LogP contribution < -0.4 is 15.1 Å². The third-order valence-corrected chi connectivity index (χ3v) is 8.03. The minimum Gasteiger partial charge on any atom is -0.451 e. The van der Waals surface area contributed by atoms with Gasteiger partial charge in [-0.15, -0.1) is 0 Å². The van der Waals surface area contributed by atoms with Gasteiger partial charge in [0.2, 0.25) is 0 Å².